The number of hydrogen-bond donors (Lipinski definition) is 0. The molecule has 4 nitrogen and oxygen atoms in total. The Morgan fingerprint density at radius 1 is 1.12 bits per heavy atom. The topological polar surface area (TPSA) is 32.8 Å². The molecule has 140 valence electrons. The molecule has 26 heavy (non-hydrogen) atoms. The molecule has 2 aromatic rings. The van der Waals surface area contributed by atoms with Gasteiger partial charge in [-0.05, 0) is 43.8 Å². The summed E-state index contributed by atoms with van der Waals surface area (Å²) in [4.78, 5) is 15.8. The van der Waals surface area contributed by atoms with Crippen molar-refractivity contribution in [1.29, 1.82) is 0 Å². The molecular formula is C20H24ClFN2O2. The molecule has 2 aromatic carbocycles. The van der Waals surface area contributed by atoms with Crippen LogP contribution in [0.15, 0.2) is 42.5 Å². The zero-order chi connectivity index (χ0) is 19.1. The fraction of sp³-hybridized carbons (Fsp3) is 0.350. The summed E-state index contributed by atoms with van der Waals surface area (Å²) in [7, 11) is 3.52. The molecule has 2 rings (SSSR count). The molecule has 0 aromatic heterocycles. The first-order chi connectivity index (χ1) is 12.4. The minimum atomic E-state index is -0.362. The van der Waals surface area contributed by atoms with E-state index in [2.05, 4.69) is 0 Å². The minimum absolute atomic E-state index is 0.0474. The molecule has 1 amide bonds. The number of rotatable bonds is 8. The summed E-state index contributed by atoms with van der Waals surface area (Å²) in [6.45, 7) is 3.51. The zero-order valence-electron chi connectivity index (χ0n) is 15.3. The summed E-state index contributed by atoms with van der Waals surface area (Å²) in [6, 6.07) is 12.3. The van der Waals surface area contributed by atoms with Gasteiger partial charge in [0.25, 0.3) is 0 Å². The number of ether oxygens (including phenoxy) is 1. The molecule has 0 bridgehead atoms. The third kappa shape index (κ3) is 5.71. The van der Waals surface area contributed by atoms with Gasteiger partial charge in [0, 0.05) is 30.7 Å². The maximum Gasteiger partial charge on any atom is 0.236 e. The van der Waals surface area contributed by atoms with Gasteiger partial charge in [0.2, 0.25) is 5.91 Å². The lowest BCUT2D eigenvalue weighted by molar-refractivity contribution is -0.131. The molecule has 6 heteroatoms. The van der Waals surface area contributed by atoms with Crippen molar-refractivity contribution < 1.29 is 13.9 Å². The van der Waals surface area contributed by atoms with Gasteiger partial charge in [-0.25, -0.2) is 4.39 Å². The Bertz CT molecular complexity index is 717. The average molecular weight is 379 g/mol. The first kappa shape index (κ1) is 20.2. The summed E-state index contributed by atoms with van der Waals surface area (Å²) in [6.07, 6.45) is 0. The third-order valence-electron chi connectivity index (χ3n) is 3.97. The zero-order valence-corrected chi connectivity index (χ0v) is 16.1. The Morgan fingerprint density at radius 3 is 2.42 bits per heavy atom. The van der Waals surface area contributed by atoms with Gasteiger partial charge in [0.1, 0.15) is 11.6 Å². The number of likely N-dealkylation sites (N-methyl/N-ethyl adjacent to an activating group) is 2. The van der Waals surface area contributed by atoms with Crippen molar-refractivity contribution in [2.45, 2.75) is 20.0 Å². The van der Waals surface area contributed by atoms with Crippen molar-refractivity contribution in [3.63, 3.8) is 0 Å². The SMILES string of the molecule is CCOc1ccc(CN(C)C(=O)CN(C)Cc2c(F)cccc2Cl)cc1. The highest BCUT2D eigenvalue weighted by molar-refractivity contribution is 6.31. The molecule has 0 aliphatic heterocycles. The Morgan fingerprint density at radius 2 is 1.81 bits per heavy atom. The van der Waals surface area contributed by atoms with Crippen LogP contribution in [0.5, 0.6) is 5.75 Å². The predicted molar refractivity (Wildman–Crippen MR) is 102 cm³/mol. The van der Waals surface area contributed by atoms with Crippen LogP contribution in [0.4, 0.5) is 4.39 Å². The summed E-state index contributed by atoms with van der Waals surface area (Å²) in [5.74, 6) is 0.403. The van der Waals surface area contributed by atoms with Crippen LogP contribution < -0.4 is 4.74 Å². The smallest absolute Gasteiger partial charge is 0.236 e. The quantitative estimate of drug-likeness (QED) is 0.696. The fourth-order valence-electron chi connectivity index (χ4n) is 2.58. The number of hydrogen-bond acceptors (Lipinski definition) is 3. The lowest BCUT2D eigenvalue weighted by Crippen LogP contribution is -2.36. The average Bonchev–Trinajstić information content (AvgIpc) is 2.60. The van der Waals surface area contributed by atoms with E-state index in [1.54, 1.807) is 36.0 Å². The normalized spacial score (nSPS) is 10.8. The Kier molecular flexibility index (Phi) is 7.42. The first-order valence-corrected chi connectivity index (χ1v) is 8.85. The fourth-order valence-corrected chi connectivity index (χ4v) is 2.80. The van der Waals surface area contributed by atoms with E-state index >= 15 is 0 Å². The van der Waals surface area contributed by atoms with E-state index in [-0.39, 0.29) is 24.8 Å². The van der Waals surface area contributed by atoms with Gasteiger partial charge >= 0.3 is 0 Å². The Labute approximate surface area is 159 Å². The number of carbonyl (C=O) groups is 1. The van der Waals surface area contributed by atoms with Gasteiger partial charge in [0.15, 0.2) is 0 Å². The summed E-state index contributed by atoms with van der Waals surface area (Å²) in [5.41, 5.74) is 1.42. The van der Waals surface area contributed by atoms with Crippen molar-refractivity contribution in [3.8, 4) is 5.75 Å². The first-order valence-electron chi connectivity index (χ1n) is 8.47. The second kappa shape index (κ2) is 9.55. The van der Waals surface area contributed by atoms with Crippen LogP contribution in [0.25, 0.3) is 0 Å². The molecule has 0 saturated carbocycles. The summed E-state index contributed by atoms with van der Waals surface area (Å²) >= 11 is 6.04. The number of nitrogens with zero attached hydrogens (tertiary/aromatic N) is 2. The predicted octanol–water partition coefficient (Wildman–Crippen LogP) is 3.97. The Balaban J connectivity index is 1.89. The molecule has 0 N–H and O–H groups in total. The highest BCUT2D eigenvalue weighted by Crippen LogP contribution is 2.20. The van der Waals surface area contributed by atoms with E-state index in [0.717, 1.165) is 11.3 Å². The monoisotopic (exact) mass is 378 g/mol. The van der Waals surface area contributed by atoms with Crippen LogP contribution in [0.1, 0.15) is 18.1 Å². The molecule has 0 aliphatic rings. The van der Waals surface area contributed by atoms with E-state index in [1.807, 2.05) is 31.2 Å². The van der Waals surface area contributed by atoms with Gasteiger partial charge in [-0.2, -0.15) is 0 Å². The van der Waals surface area contributed by atoms with Gasteiger partial charge < -0.3 is 9.64 Å². The summed E-state index contributed by atoms with van der Waals surface area (Å²) in [5, 5.41) is 0.368. The lowest BCUT2D eigenvalue weighted by Gasteiger charge is -2.22. The second-order valence-corrected chi connectivity index (χ2v) is 6.61. The van der Waals surface area contributed by atoms with E-state index in [0.29, 0.717) is 23.7 Å². The maximum atomic E-state index is 13.9. The molecule has 0 unspecified atom stereocenters. The van der Waals surface area contributed by atoms with Gasteiger partial charge in [0.05, 0.1) is 13.2 Å². The van der Waals surface area contributed by atoms with Crippen LogP contribution in [-0.4, -0.2) is 43.0 Å². The Hall–Kier alpha value is -2.11. The molecule has 0 saturated heterocycles. The van der Waals surface area contributed by atoms with Crippen LogP contribution in [0, 0.1) is 5.82 Å². The highest BCUT2D eigenvalue weighted by Gasteiger charge is 2.15. The van der Waals surface area contributed by atoms with Crippen molar-refractivity contribution >= 4 is 17.5 Å². The molecule has 0 heterocycles. The van der Waals surface area contributed by atoms with Crippen LogP contribution in [0.2, 0.25) is 5.02 Å². The third-order valence-corrected chi connectivity index (χ3v) is 4.33. The number of amides is 1. The number of halogens is 2. The second-order valence-electron chi connectivity index (χ2n) is 6.20. The van der Waals surface area contributed by atoms with Crippen LogP contribution >= 0.6 is 11.6 Å². The maximum absolute atomic E-state index is 13.9. The van der Waals surface area contributed by atoms with Crippen LogP contribution in [-0.2, 0) is 17.9 Å². The lowest BCUT2D eigenvalue weighted by atomic mass is 10.2. The van der Waals surface area contributed by atoms with Crippen molar-refractivity contribution in [2.75, 3.05) is 27.2 Å². The number of benzene rings is 2. The molecule has 0 atom stereocenters. The van der Waals surface area contributed by atoms with E-state index in [1.165, 1.54) is 6.07 Å². The van der Waals surface area contributed by atoms with Crippen molar-refractivity contribution in [3.05, 3.63) is 64.4 Å². The van der Waals surface area contributed by atoms with Gasteiger partial charge in [-0.1, -0.05) is 29.8 Å². The van der Waals surface area contributed by atoms with Crippen molar-refractivity contribution in [2.24, 2.45) is 0 Å². The van der Waals surface area contributed by atoms with E-state index in [4.69, 9.17) is 16.3 Å². The minimum Gasteiger partial charge on any atom is -0.494 e. The highest BCUT2D eigenvalue weighted by atomic mass is 35.5. The van der Waals surface area contributed by atoms with Crippen LogP contribution in [0.3, 0.4) is 0 Å². The summed E-state index contributed by atoms with van der Waals surface area (Å²) < 4.78 is 19.3. The van der Waals surface area contributed by atoms with Gasteiger partial charge in [-0.3, -0.25) is 9.69 Å². The van der Waals surface area contributed by atoms with Gasteiger partial charge in [-0.15, -0.1) is 0 Å². The molecule has 0 fully saturated rings. The molecule has 0 aliphatic carbocycles. The molecule has 0 radical (unpaired) electrons. The molecule has 0 spiro atoms. The number of carbonyl (C=O) groups excluding carboxylic acids is 1. The largest absolute Gasteiger partial charge is 0.494 e. The van der Waals surface area contributed by atoms with E-state index < -0.39 is 0 Å². The molecular weight excluding hydrogens is 355 g/mol. The van der Waals surface area contributed by atoms with Crippen molar-refractivity contribution in [1.82, 2.24) is 9.80 Å². The van der Waals surface area contributed by atoms with E-state index in [9.17, 15) is 9.18 Å². The standard InChI is InChI=1S/C20H24ClFN2O2/c1-4-26-16-10-8-15(9-11-16)12-24(3)20(25)14-23(2)13-17-18(21)6-5-7-19(17)22/h5-11H,4,12-14H2,1-3H3.